The number of nitro benzene ring substituents is 1. The van der Waals surface area contributed by atoms with E-state index in [1.807, 2.05) is 18.2 Å². The van der Waals surface area contributed by atoms with Crippen LogP contribution in [0, 0.1) is 10.1 Å². The number of anilines is 1. The molecule has 1 heterocycles. The Labute approximate surface area is 145 Å². The third-order valence-electron chi connectivity index (χ3n) is 4.01. The summed E-state index contributed by atoms with van der Waals surface area (Å²) in [5.74, 6) is -0.288. The van der Waals surface area contributed by atoms with E-state index in [9.17, 15) is 14.9 Å². The van der Waals surface area contributed by atoms with Gasteiger partial charge in [-0.1, -0.05) is 18.2 Å². The Hall–Kier alpha value is -2.77. The first-order valence-electron chi connectivity index (χ1n) is 8.07. The van der Waals surface area contributed by atoms with Gasteiger partial charge in [-0.05, 0) is 23.8 Å². The largest absolute Gasteiger partial charge is 0.379 e. The van der Waals surface area contributed by atoms with Crippen LogP contribution in [-0.4, -0.2) is 42.0 Å². The van der Waals surface area contributed by atoms with Gasteiger partial charge in [0.2, 0.25) is 0 Å². The lowest BCUT2D eigenvalue weighted by Crippen LogP contribution is -2.35. The number of non-ortho nitro benzene ring substituents is 1. The fourth-order valence-electron chi connectivity index (χ4n) is 2.73. The number of morpholine rings is 1. The summed E-state index contributed by atoms with van der Waals surface area (Å²) >= 11 is 0. The van der Waals surface area contributed by atoms with Crippen molar-refractivity contribution in [2.45, 2.75) is 6.54 Å². The lowest BCUT2D eigenvalue weighted by Gasteiger charge is -2.26. The molecule has 25 heavy (non-hydrogen) atoms. The first-order valence-corrected chi connectivity index (χ1v) is 8.07. The van der Waals surface area contributed by atoms with E-state index in [1.54, 1.807) is 18.2 Å². The number of carbonyl (C=O) groups is 1. The molecule has 1 aliphatic rings. The zero-order valence-corrected chi connectivity index (χ0v) is 13.7. The van der Waals surface area contributed by atoms with Crippen LogP contribution >= 0.6 is 0 Å². The molecule has 1 fully saturated rings. The van der Waals surface area contributed by atoms with Crippen molar-refractivity contribution < 1.29 is 14.5 Å². The lowest BCUT2D eigenvalue weighted by molar-refractivity contribution is -0.384. The molecule has 2 aromatic carbocycles. The number of rotatable bonds is 5. The molecule has 0 atom stereocenters. The highest BCUT2D eigenvalue weighted by Crippen LogP contribution is 2.18. The van der Waals surface area contributed by atoms with E-state index in [2.05, 4.69) is 10.2 Å². The van der Waals surface area contributed by atoms with Crippen LogP contribution in [0.5, 0.6) is 0 Å². The van der Waals surface area contributed by atoms with Crippen LogP contribution in [0.15, 0.2) is 48.5 Å². The molecule has 7 nitrogen and oxygen atoms in total. The highest BCUT2D eigenvalue weighted by atomic mass is 16.6. The fraction of sp³-hybridized carbons (Fsp3) is 0.278. The monoisotopic (exact) mass is 341 g/mol. The molecular formula is C18H19N3O4. The Morgan fingerprint density at radius 2 is 1.92 bits per heavy atom. The second-order valence-electron chi connectivity index (χ2n) is 5.85. The number of benzene rings is 2. The number of nitrogens with one attached hydrogen (secondary N) is 1. The maximum atomic E-state index is 12.4. The Balaban J connectivity index is 1.68. The molecule has 1 aliphatic heterocycles. The number of hydrogen-bond acceptors (Lipinski definition) is 5. The minimum Gasteiger partial charge on any atom is -0.379 e. The molecule has 2 aromatic rings. The minimum absolute atomic E-state index is 0.0566. The van der Waals surface area contributed by atoms with Crippen molar-refractivity contribution in [3.8, 4) is 0 Å². The number of ether oxygens (including phenoxy) is 1. The van der Waals surface area contributed by atoms with Crippen LogP contribution in [0.1, 0.15) is 15.9 Å². The van der Waals surface area contributed by atoms with E-state index >= 15 is 0 Å². The zero-order valence-electron chi connectivity index (χ0n) is 13.7. The molecule has 1 N–H and O–H groups in total. The quantitative estimate of drug-likeness (QED) is 0.667. The summed E-state index contributed by atoms with van der Waals surface area (Å²) in [6, 6.07) is 13.3. The van der Waals surface area contributed by atoms with E-state index < -0.39 is 4.92 Å². The van der Waals surface area contributed by atoms with Gasteiger partial charge in [0, 0.05) is 43.0 Å². The van der Waals surface area contributed by atoms with Crippen molar-refractivity contribution in [1.29, 1.82) is 0 Å². The van der Waals surface area contributed by atoms with Crippen LogP contribution in [0.3, 0.4) is 0 Å². The lowest BCUT2D eigenvalue weighted by atomic mass is 10.1. The summed E-state index contributed by atoms with van der Waals surface area (Å²) in [5.41, 5.74) is 1.92. The standard InChI is InChI=1S/C18H19N3O4/c22-18(19-16-5-2-6-17(12-16)21(23)24)15-4-1-3-14(11-15)13-20-7-9-25-10-8-20/h1-6,11-12H,7-10,13H2,(H,19,22). The normalized spacial score (nSPS) is 14.9. The van der Waals surface area contributed by atoms with Gasteiger partial charge in [-0.2, -0.15) is 0 Å². The molecule has 130 valence electrons. The van der Waals surface area contributed by atoms with Gasteiger partial charge < -0.3 is 10.1 Å². The number of nitrogens with zero attached hydrogens (tertiary/aromatic N) is 2. The third kappa shape index (κ3) is 4.62. The van der Waals surface area contributed by atoms with Crippen LogP contribution in [0.4, 0.5) is 11.4 Å². The fourth-order valence-corrected chi connectivity index (χ4v) is 2.73. The SMILES string of the molecule is O=C(Nc1cccc([N+](=O)[O-])c1)c1cccc(CN2CCOCC2)c1. The Kier molecular flexibility index (Phi) is 5.37. The van der Waals surface area contributed by atoms with Crippen LogP contribution < -0.4 is 5.32 Å². The molecule has 1 amide bonds. The van der Waals surface area contributed by atoms with E-state index in [4.69, 9.17) is 4.74 Å². The van der Waals surface area contributed by atoms with Gasteiger partial charge in [0.05, 0.1) is 18.1 Å². The summed E-state index contributed by atoms with van der Waals surface area (Å²) in [6.07, 6.45) is 0. The molecule has 0 bridgehead atoms. The van der Waals surface area contributed by atoms with Crippen molar-refractivity contribution >= 4 is 17.3 Å². The molecule has 7 heteroatoms. The molecular weight excluding hydrogens is 322 g/mol. The van der Waals surface area contributed by atoms with Crippen molar-refractivity contribution in [2.75, 3.05) is 31.6 Å². The second-order valence-corrected chi connectivity index (χ2v) is 5.85. The molecule has 0 aromatic heterocycles. The zero-order chi connectivity index (χ0) is 17.6. The van der Waals surface area contributed by atoms with Crippen LogP contribution in [0.2, 0.25) is 0 Å². The average molecular weight is 341 g/mol. The molecule has 0 aliphatic carbocycles. The number of nitro groups is 1. The van der Waals surface area contributed by atoms with Crippen molar-refractivity contribution in [3.05, 3.63) is 69.8 Å². The Morgan fingerprint density at radius 1 is 1.16 bits per heavy atom. The summed E-state index contributed by atoms with van der Waals surface area (Å²) in [4.78, 5) is 25.0. The summed E-state index contributed by atoms with van der Waals surface area (Å²) < 4.78 is 5.34. The van der Waals surface area contributed by atoms with E-state index in [0.717, 1.165) is 38.4 Å². The van der Waals surface area contributed by atoms with Crippen molar-refractivity contribution in [1.82, 2.24) is 4.90 Å². The van der Waals surface area contributed by atoms with Crippen molar-refractivity contribution in [2.24, 2.45) is 0 Å². The third-order valence-corrected chi connectivity index (χ3v) is 4.01. The molecule has 0 radical (unpaired) electrons. The maximum Gasteiger partial charge on any atom is 0.271 e. The molecule has 0 spiro atoms. The van der Waals surface area contributed by atoms with Gasteiger partial charge in [0.15, 0.2) is 0 Å². The topological polar surface area (TPSA) is 84.7 Å². The number of carbonyl (C=O) groups excluding carboxylic acids is 1. The molecule has 1 saturated heterocycles. The van der Waals surface area contributed by atoms with Gasteiger partial charge in [-0.15, -0.1) is 0 Å². The van der Waals surface area contributed by atoms with Crippen LogP contribution in [-0.2, 0) is 11.3 Å². The number of amides is 1. The second kappa shape index (κ2) is 7.87. The van der Waals surface area contributed by atoms with Gasteiger partial charge >= 0.3 is 0 Å². The molecule has 3 rings (SSSR count). The molecule has 0 unspecified atom stereocenters. The predicted octanol–water partition coefficient (Wildman–Crippen LogP) is 2.68. The highest BCUT2D eigenvalue weighted by molar-refractivity contribution is 6.04. The minimum atomic E-state index is -0.487. The summed E-state index contributed by atoms with van der Waals surface area (Å²) in [7, 11) is 0. The smallest absolute Gasteiger partial charge is 0.271 e. The van der Waals surface area contributed by atoms with E-state index in [0.29, 0.717) is 11.3 Å². The van der Waals surface area contributed by atoms with Gasteiger partial charge in [-0.3, -0.25) is 19.8 Å². The van der Waals surface area contributed by atoms with Crippen molar-refractivity contribution in [3.63, 3.8) is 0 Å². The van der Waals surface area contributed by atoms with E-state index in [1.165, 1.54) is 12.1 Å². The predicted molar refractivity (Wildman–Crippen MR) is 93.6 cm³/mol. The highest BCUT2D eigenvalue weighted by Gasteiger charge is 2.13. The first-order chi connectivity index (χ1) is 12.1. The van der Waals surface area contributed by atoms with Gasteiger partial charge in [0.1, 0.15) is 0 Å². The molecule has 0 saturated carbocycles. The van der Waals surface area contributed by atoms with Gasteiger partial charge in [-0.25, -0.2) is 0 Å². The number of hydrogen-bond donors (Lipinski definition) is 1. The van der Waals surface area contributed by atoms with Crippen LogP contribution in [0.25, 0.3) is 0 Å². The summed E-state index contributed by atoms with van der Waals surface area (Å²) in [5, 5.41) is 13.5. The maximum absolute atomic E-state index is 12.4. The van der Waals surface area contributed by atoms with Gasteiger partial charge in [0.25, 0.3) is 11.6 Å². The van der Waals surface area contributed by atoms with E-state index in [-0.39, 0.29) is 11.6 Å². The first kappa shape index (κ1) is 17.1. The summed E-state index contributed by atoms with van der Waals surface area (Å²) in [6.45, 7) is 3.98. The average Bonchev–Trinajstić information content (AvgIpc) is 2.63. The Bertz CT molecular complexity index is 772. The Morgan fingerprint density at radius 3 is 2.68 bits per heavy atom.